The van der Waals surface area contributed by atoms with Crippen LogP contribution in [-0.4, -0.2) is 0 Å². The van der Waals surface area contributed by atoms with Gasteiger partial charge < -0.3 is 0 Å². The van der Waals surface area contributed by atoms with Crippen LogP contribution >= 0.6 is 0 Å². The summed E-state index contributed by atoms with van der Waals surface area (Å²) >= 11 is 0. The Kier molecular flexibility index (Phi) is 2.96. The summed E-state index contributed by atoms with van der Waals surface area (Å²) in [6.45, 7) is 2.17. The zero-order valence-corrected chi connectivity index (χ0v) is 9.54. The zero-order chi connectivity index (χ0) is 11.6. The third kappa shape index (κ3) is 1.82. The van der Waals surface area contributed by atoms with Gasteiger partial charge >= 0.3 is 0 Å². The molecule has 0 radical (unpaired) electrons. The molecule has 0 atom stereocenters. The minimum atomic E-state index is -0.340. The highest BCUT2D eigenvalue weighted by molar-refractivity contribution is 5.36. The molecule has 16 heavy (non-hydrogen) atoms. The van der Waals surface area contributed by atoms with Crippen molar-refractivity contribution < 1.29 is 4.39 Å². The Morgan fingerprint density at radius 3 is 2.50 bits per heavy atom. The van der Waals surface area contributed by atoms with Crippen LogP contribution in [0.3, 0.4) is 0 Å². The first kappa shape index (κ1) is 11.1. The second-order valence-electron chi connectivity index (χ2n) is 4.76. The fourth-order valence-corrected chi connectivity index (χ4v) is 2.70. The summed E-state index contributed by atoms with van der Waals surface area (Å²) in [6, 6.07) is 8.81. The predicted octanol–water partition coefficient (Wildman–Crippen LogP) is 3.80. The van der Waals surface area contributed by atoms with E-state index in [1.807, 2.05) is 0 Å². The SMILES string of the molecule is CCCC1CC(C#N)(c2ccc(F)cc2)C1. The molecule has 0 saturated heterocycles. The molecule has 0 bridgehead atoms. The molecule has 0 aromatic heterocycles. The van der Waals surface area contributed by atoms with E-state index in [1.165, 1.54) is 25.0 Å². The van der Waals surface area contributed by atoms with E-state index >= 15 is 0 Å². The molecular weight excluding hydrogens is 201 g/mol. The first-order valence-electron chi connectivity index (χ1n) is 5.87. The van der Waals surface area contributed by atoms with Gasteiger partial charge in [0.05, 0.1) is 11.5 Å². The monoisotopic (exact) mass is 217 g/mol. The number of hydrogen-bond donors (Lipinski definition) is 0. The Morgan fingerprint density at radius 1 is 1.38 bits per heavy atom. The van der Waals surface area contributed by atoms with E-state index < -0.39 is 0 Å². The molecule has 1 nitrogen and oxygen atoms in total. The van der Waals surface area contributed by atoms with E-state index in [-0.39, 0.29) is 11.2 Å². The highest BCUT2D eigenvalue weighted by Crippen LogP contribution is 2.49. The van der Waals surface area contributed by atoms with Crippen LogP contribution in [0.4, 0.5) is 4.39 Å². The quantitative estimate of drug-likeness (QED) is 0.755. The maximum absolute atomic E-state index is 12.8. The molecule has 0 unspecified atom stereocenters. The fourth-order valence-electron chi connectivity index (χ4n) is 2.70. The zero-order valence-electron chi connectivity index (χ0n) is 9.54. The highest BCUT2D eigenvalue weighted by Gasteiger charge is 2.45. The third-order valence-electron chi connectivity index (χ3n) is 3.58. The van der Waals surface area contributed by atoms with Crippen LogP contribution in [0.25, 0.3) is 0 Å². The van der Waals surface area contributed by atoms with Crippen molar-refractivity contribution in [3.05, 3.63) is 35.6 Å². The van der Waals surface area contributed by atoms with Crippen LogP contribution in [-0.2, 0) is 5.41 Å². The number of rotatable bonds is 3. The number of nitriles is 1. The van der Waals surface area contributed by atoms with Gasteiger partial charge in [-0.2, -0.15) is 5.26 Å². The van der Waals surface area contributed by atoms with Crippen LogP contribution in [0.1, 0.15) is 38.2 Å². The van der Waals surface area contributed by atoms with E-state index in [1.54, 1.807) is 12.1 Å². The van der Waals surface area contributed by atoms with Crippen LogP contribution in [0, 0.1) is 23.1 Å². The van der Waals surface area contributed by atoms with Crippen molar-refractivity contribution in [3.63, 3.8) is 0 Å². The minimum absolute atomic E-state index is 0.235. The summed E-state index contributed by atoms with van der Waals surface area (Å²) in [4.78, 5) is 0. The van der Waals surface area contributed by atoms with Crippen LogP contribution in [0.15, 0.2) is 24.3 Å². The molecular formula is C14H16FN. The van der Waals surface area contributed by atoms with E-state index in [2.05, 4.69) is 13.0 Å². The number of halogens is 1. The largest absolute Gasteiger partial charge is 0.207 e. The van der Waals surface area contributed by atoms with Crippen molar-refractivity contribution in [2.75, 3.05) is 0 Å². The molecule has 2 heteroatoms. The van der Waals surface area contributed by atoms with Crippen molar-refractivity contribution in [1.29, 1.82) is 5.26 Å². The Bertz CT molecular complexity index is 396. The Morgan fingerprint density at radius 2 is 2.00 bits per heavy atom. The smallest absolute Gasteiger partial charge is 0.123 e. The molecule has 1 aromatic rings. The Labute approximate surface area is 95.9 Å². The predicted molar refractivity (Wildman–Crippen MR) is 61.3 cm³/mol. The van der Waals surface area contributed by atoms with E-state index in [9.17, 15) is 9.65 Å². The van der Waals surface area contributed by atoms with Crippen molar-refractivity contribution in [2.24, 2.45) is 5.92 Å². The Hall–Kier alpha value is -1.36. The van der Waals surface area contributed by atoms with E-state index in [0.29, 0.717) is 5.92 Å². The lowest BCUT2D eigenvalue weighted by molar-refractivity contribution is 0.184. The lowest BCUT2D eigenvalue weighted by atomic mass is 9.58. The second-order valence-corrected chi connectivity index (χ2v) is 4.76. The van der Waals surface area contributed by atoms with Gasteiger partial charge in [-0.15, -0.1) is 0 Å². The first-order valence-corrected chi connectivity index (χ1v) is 5.87. The molecule has 0 heterocycles. The van der Waals surface area contributed by atoms with Crippen molar-refractivity contribution in [3.8, 4) is 6.07 Å². The second kappa shape index (κ2) is 4.25. The van der Waals surface area contributed by atoms with Crippen LogP contribution in [0.5, 0.6) is 0 Å². The average Bonchev–Trinajstić information content (AvgIpc) is 2.24. The summed E-state index contributed by atoms with van der Waals surface area (Å²) in [5, 5.41) is 9.30. The van der Waals surface area contributed by atoms with Gasteiger partial charge in [0.1, 0.15) is 5.82 Å². The molecule has 1 aromatic carbocycles. The van der Waals surface area contributed by atoms with Gasteiger partial charge in [0.2, 0.25) is 0 Å². The Balaban J connectivity index is 2.14. The molecule has 0 amide bonds. The summed E-state index contributed by atoms with van der Waals surface area (Å²) in [5.74, 6) is 0.441. The van der Waals surface area contributed by atoms with Crippen molar-refractivity contribution >= 4 is 0 Å². The van der Waals surface area contributed by atoms with Gasteiger partial charge in [-0.05, 0) is 36.5 Å². The summed E-state index contributed by atoms with van der Waals surface area (Å²) in [7, 11) is 0. The van der Waals surface area contributed by atoms with Crippen molar-refractivity contribution in [1.82, 2.24) is 0 Å². The number of nitrogens with zero attached hydrogens (tertiary/aromatic N) is 1. The number of hydrogen-bond acceptors (Lipinski definition) is 1. The summed E-state index contributed by atoms with van der Waals surface area (Å²) in [6.07, 6.45) is 4.24. The van der Waals surface area contributed by atoms with Gasteiger partial charge in [-0.25, -0.2) is 4.39 Å². The van der Waals surface area contributed by atoms with E-state index in [0.717, 1.165) is 18.4 Å². The molecule has 2 rings (SSSR count). The minimum Gasteiger partial charge on any atom is -0.207 e. The molecule has 0 aliphatic heterocycles. The van der Waals surface area contributed by atoms with Crippen molar-refractivity contribution in [2.45, 2.75) is 38.0 Å². The molecule has 0 spiro atoms. The van der Waals surface area contributed by atoms with Gasteiger partial charge in [0.15, 0.2) is 0 Å². The highest BCUT2D eigenvalue weighted by atomic mass is 19.1. The lowest BCUT2D eigenvalue weighted by Crippen LogP contribution is -2.39. The molecule has 1 aliphatic rings. The lowest BCUT2D eigenvalue weighted by Gasteiger charge is -2.43. The normalized spacial score (nSPS) is 28.2. The average molecular weight is 217 g/mol. The standard InChI is InChI=1S/C14H16FN/c1-2-3-11-8-14(9-11,10-16)12-4-6-13(15)7-5-12/h4-7,11H,2-3,8-9H2,1H3. The van der Waals surface area contributed by atoms with E-state index in [4.69, 9.17) is 0 Å². The molecule has 1 aliphatic carbocycles. The summed E-state index contributed by atoms with van der Waals surface area (Å²) in [5.41, 5.74) is 0.636. The fraction of sp³-hybridized carbons (Fsp3) is 0.500. The van der Waals surface area contributed by atoms with Crippen LogP contribution in [0.2, 0.25) is 0 Å². The number of benzene rings is 1. The third-order valence-corrected chi connectivity index (χ3v) is 3.58. The van der Waals surface area contributed by atoms with Gasteiger partial charge in [-0.1, -0.05) is 31.9 Å². The maximum atomic E-state index is 12.8. The van der Waals surface area contributed by atoms with Gasteiger partial charge in [0.25, 0.3) is 0 Å². The van der Waals surface area contributed by atoms with Gasteiger partial charge in [-0.3, -0.25) is 0 Å². The molecule has 0 N–H and O–H groups in total. The molecule has 84 valence electrons. The summed E-state index contributed by atoms with van der Waals surface area (Å²) < 4.78 is 12.8. The first-order chi connectivity index (χ1) is 7.70. The maximum Gasteiger partial charge on any atom is 0.123 e. The van der Waals surface area contributed by atoms with Crippen LogP contribution < -0.4 is 0 Å². The van der Waals surface area contributed by atoms with Gasteiger partial charge in [0, 0.05) is 0 Å². The molecule has 1 fully saturated rings. The topological polar surface area (TPSA) is 23.8 Å². The molecule has 1 saturated carbocycles.